The van der Waals surface area contributed by atoms with Crippen LogP contribution in [-0.4, -0.2) is 26.8 Å². The Morgan fingerprint density at radius 2 is 2.00 bits per heavy atom. The lowest BCUT2D eigenvalue weighted by atomic mass is 9.78. The molecule has 1 heterocycles. The number of carbonyl (C=O) groups is 1. The number of benzene rings is 2. The number of aromatic nitrogens is 2. The average molecular weight is 488 g/mol. The van der Waals surface area contributed by atoms with Gasteiger partial charge in [-0.1, -0.05) is 62.2 Å². The van der Waals surface area contributed by atoms with Crippen LogP contribution in [0.5, 0.6) is 0 Å². The number of amides is 1. The van der Waals surface area contributed by atoms with Crippen LogP contribution in [0.1, 0.15) is 40.0 Å². The first-order valence-corrected chi connectivity index (χ1v) is 12.5. The van der Waals surface area contributed by atoms with E-state index in [1.54, 1.807) is 25.1 Å². The van der Waals surface area contributed by atoms with Gasteiger partial charge in [-0.25, -0.2) is 9.37 Å². The average Bonchev–Trinajstić information content (AvgIpc) is 2.79. The summed E-state index contributed by atoms with van der Waals surface area (Å²) >= 11 is 7.20. The molecule has 174 valence electrons. The van der Waals surface area contributed by atoms with Gasteiger partial charge >= 0.3 is 0 Å². The van der Waals surface area contributed by atoms with Gasteiger partial charge in [0.2, 0.25) is 5.91 Å². The first-order valence-electron chi connectivity index (χ1n) is 11.2. The summed E-state index contributed by atoms with van der Waals surface area (Å²) in [6, 6.07) is 11.3. The van der Waals surface area contributed by atoms with E-state index in [9.17, 15) is 14.0 Å². The number of halogens is 2. The van der Waals surface area contributed by atoms with Gasteiger partial charge in [-0.15, -0.1) is 0 Å². The molecular weight excluding hydrogens is 461 g/mol. The Labute approximate surface area is 201 Å². The van der Waals surface area contributed by atoms with Gasteiger partial charge in [0.15, 0.2) is 5.16 Å². The van der Waals surface area contributed by atoms with E-state index in [1.165, 1.54) is 40.9 Å². The number of fused-ring (bicyclic) bond motifs is 1. The Kier molecular flexibility index (Phi) is 7.10. The van der Waals surface area contributed by atoms with Crippen LogP contribution in [0.4, 0.5) is 4.39 Å². The second kappa shape index (κ2) is 9.85. The summed E-state index contributed by atoms with van der Waals surface area (Å²) in [5, 5.41) is 3.42. The van der Waals surface area contributed by atoms with Crippen molar-refractivity contribution < 1.29 is 9.18 Å². The third-order valence-electron chi connectivity index (χ3n) is 6.59. The molecule has 1 saturated carbocycles. The highest BCUT2D eigenvalue weighted by Crippen LogP contribution is 2.31. The van der Waals surface area contributed by atoms with Gasteiger partial charge in [-0.05, 0) is 55.5 Å². The van der Waals surface area contributed by atoms with Gasteiger partial charge in [0, 0.05) is 6.04 Å². The standard InChI is InChI=1S/C25H27ClFN3O2S/c1-14-7-6-10-21(15(14)2)28-23(31)16(3)33-25-29-22-9-5-4-8-18(22)24(32)30(25)17-11-12-20(27)19(26)13-17/h4-5,8-9,11-16,21H,6-7,10H2,1-3H3,(H,28,31)/t14-,15+,16-,21+/m1/s1. The van der Waals surface area contributed by atoms with E-state index in [1.807, 2.05) is 6.07 Å². The van der Waals surface area contributed by atoms with Crippen LogP contribution < -0.4 is 10.9 Å². The van der Waals surface area contributed by atoms with Crippen molar-refractivity contribution in [3.8, 4) is 5.69 Å². The molecule has 0 saturated heterocycles. The first kappa shape index (κ1) is 23.8. The lowest BCUT2D eigenvalue weighted by Gasteiger charge is -2.35. The molecule has 5 nitrogen and oxygen atoms in total. The van der Waals surface area contributed by atoms with Crippen LogP contribution in [0.15, 0.2) is 52.4 Å². The molecule has 33 heavy (non-hydrogen) atoms. The van der Waals surface area contributed by atoms with Crippen molar-refractivity contribution in [2.45, 2.75) is 56.5 Å². The van der Waals surface area contributed by atoms with Crippen LogP contribution in [0.25, 0.3) is 16.6 Å². The summed E-state index contributed by atoms with van der Waals surface area (Å²) in [6.07, 6.45) is 3.27. The third kappa shape index (κ3) is 4.94. The number of rotatable bonds is 5. The van der Waals surface area contributed by atoms with Gasteiger partial charge in [0.1, 0.15) is 5.82 Å². The fourth-order valence-corrected chi connectivity index (χ4v) is 5.45. The zero-order valence-electron chi connectivity index (χ0n) is 18.8. The third-order valence-corrected chi connectivity index (χ3v) is 7.93. The molecule has 1 N–H and O–H groups in total. The predicted octanol–water partition coefficient (Wildman–Crippen LogP) is 5.60. The Hall–Kier alpha value is -2.38. The van der Waals surface area contributed by atoms with Crippen molar-refractivity contribution in [1.82, 2.24) is 14.9 Å². The zero-order valence-corrected chi connectivity index (χ0v) is 20.4. The first-order chi connectivity index (χ1) is 15.8. The van der Waals surface area contributed by atoms with Gasteiger partial charge < -0.3 is 5.32 Å². The van der Waals surface area contributed by atoms with E-state index in [0.717, 1.165) is 12.8 Å². The summed E-state index contributed by atoms with van der Waals surface area (Å²) < 4.78 is 15.2. The van der Waals surface area contributed by atoms with E-state index >= 15 is 0 Å². The van der Waals surface area contributed by atoms with Gasteiger partial charge in [0.25, 0.3) is 5.56 Å². The van der Waals surface area contributed by atoms with E-state index in [4.69, 9.17) is 11.6 Å². The molecule has 8 heteroatoms. The second-order valence-electron chi connectivity index (χ2n) is 8.79. The monoisotopic (exact) mass is 487 g/mol. The lowest BCUT2D eigenvalue weighted by Crippen LogP contribution is -2.46. The zero-order chi connectivity index (χ0) is 23.7. The van der Waals surface area contributed by atoms with Crippen LogP contribution in [0.2, 0.25) is 5.02 Å². The topological polar surface area (TPSA) is 64.0 Å². The van der Waals surface area contributed by atoms with E-state index in [-0.39, 0.29) is 22.5 Å². The fourth-order valence-electron chi connectivity index (χ4n) is 4.34. The van der Waals surface area contributed by atoms with E-state index < -0.39 is 11.1 Å². The van der Waals surface area contributed by atoms with Crippen molar-refractivity contribution in [3.63, 3.8) is 0 Å². The number of hydrogen-bond donors (Lipinski definition) is 1. The molecule has 0 spiro atoms. The molecule has 1 amide bonds. The highest BCUT2D eigenvalue weighted by atomic mass is 35.5. The lowest BCUT2D eigenvalue weighted by molar-refractivity contribution is -0.121. The minimum absolute atomic E-state index is 0.0861. The Morgan fingerprint density at radius 1 is 1.24 bits per heavy atom. The van der Waals surface area contributed by atoms with E-state index in [0.29, 0.717) is 33.6 Å². The highest BCUT2D eigenvalue weighted by Gasteiger charge is 2.30. The van der Waals surface area contributed by atoms with Crippen molar-refractivity contribution in [2.24, 2.45) is 11.8 Å². The van der Waals surface area contributed by atoms with Gasteiger partial charge in [0.05, 0.1) is 26.9 Å². The molecule has 1 aliphatic carbocycles. The van der Waals surface area contributed by atoms with Gasteiger partial charge in [-0.2, -0.15) is 0 Å². The molecule has 1 fully saturated rings. The Balaban J connectivity index is 1.68. The molecule has 3 aromatic rings. The molecule has 1 aliphatic rings. The Bertz CT molecular complexity index is 1250. The maximum Gasteiger partial charge on any atom is 0.266 e. The summed E-state index contributed by atoms with van der Waals surface area (Å²) in [5.41, 5.74) is 0.638. The normalized spacial score (nSPS) is 21.7. The molecule has 2 aromatic carbocycles. The van der Waals surface area contributed by atoms with Crippen molar-refractivity contribution in [1.29, 1.82) is 0 Å². The number of hydrogen-bond acceptors (Lipinski definition) is 4. The summed E-state index contributed by atoms with van der Waals surface area (Å²) in [4.78, 5) is 31.1. The fraction of sp³-hybridized carbons (Fsp3) is 0.400. The highest BCUT2D eigenvalue weighted by molar-refractivity contribution is 8.00. The maximum absolute atomic E-state index is 13.8. The summed E-state index contributed by atoms with van der Waals surface area (Å²) in [7, 11) is 0. The number of nitrogens with zero attached hydrogens (tertiary/aromatic N) is 2. The largest absolute Gasteiger partial charge is 0.352 e. The molecule has 4 atom stereocenters. The minimum atomic E-state index is -0.569. The Morgan fingerprint density at radius 3 is 2.76 bits per heavy atom. The van der Waals surface area contributed by atoms with Crippen molar-refractivity contribution in [3.05, 3.63) is 63.7 Å². The van der Waals surface area contributed by atoms with Crippen LogP contribution >= 0.6 is 23.4 Å². The smallest absolute Gasteiger partial charge is 0.266 e. The predicted molar refractivity (Wildman–Crippen MR) is 132 cm³/mol. The number of nitrogens with one attached hydrogen (secondary N) is 1. The molecular formula is C25H27ClFN3O2S. The van der Waals surface area contributed by atoms with Crippen molar-refractivity contribution in [2.75, 3.05) is 0 Å². The molecule has 0 bridgehead atoms. The summed E-state index contributed by atoms with van der Waals surface area (Å²) in [5.74, 6) is 0.331. The molecule has 0 radical (unpaired) electrons. The molecule has 0 aliphatic heterocycles. The number of carbonyl (C=O) groups excluding carboxylic acids is 1. The number of thioether (sulfide) groups is 1. The SMILES string of the molecule is C[C@H]1[C@H](C)CCC[C@@H]1NC(=O)[C@@H](C)Sc1nc2ccccc2c(=O)n1-c1ccc(F)c(Cl)c1. The molecule has 0 unspecified atom stereocenters. The van der Waals surface area contributed by atoms with Crippen LogP contribution in [0.3, 0.4) is 0 Å². The van der Waals surface area contributed by atoms with Crippen LogP contribution in [-0.2, 0) is 4.79 Å². The minimum Gasteiger partial charge on any atom is -0.352 e. The quantitative estimate of drug-likeness (QED) is 0.376. The molecule has 4 rings (SSSR count). The molecule has 1 aromatic heterocycles. The summed E-state index contributed by atoms with van der Waals surface area (Å²) in [6.45, 7) is 6.22. The van der Waals surface area contributed by atoms with Crippen molar-refractivity contribution >= 4 is 40.2 Å². The van der Waals surface area contributed by atoms with Gasteiger partial charge in [-0.3, -0.25) is 14.2 Å². The van der Waals surface area contributed by atoms with Crippen LogP contribution in [0, 0.1) is 17.7 Å². The second-order valence-corrected chi connectivity index (χ2v) is 10.5. The van der Waals surface area contributed by atoms with E-state index in [2.05, 4.69) is 24.1 Å². The maximum atomic E-state index is 13.8. The number of para-hydroxylation sites is 1.